The second-order valence-corrected chi connectivity index (χ2v) is 7.00. The number of para-hydroxylation sites is 1. The summed E-state index contributed by atoms with van der Waals surface area (Å²) in [5.41, 5.74) is 12.4. The number of H-pyrrole nitrogens is 1. The third-order valence-electron chi connectivity index (χ3n) is 4.82. The molecule has 0 aliphatic heterocycles. The molecule has 5 heteroatoms. The first kappa shape index (κ1) is 18.1. The van der Waals surface area contributed by atoms with Gasteiger partial charge in [-0.3, -0.25) is 4.98 Å². The van der Waals surface area contributed by atoms with Crippen molar-refractivity contribution in [2.75, 3.05) is 17.2 Å². The van der Waals surface area contributed by atoms with E-state index in [2.05, 4.69) is 75.3 Å². The van der Waals surface area contributed by atoms with Crippen LogP contribution in [0.25, 0.3) is 10.9 Å². The lowest BCUT2D eigenvalue weighted by molar-refractivity contribution is 0.782. The van der Waals surface area contributed by atoms with Crippen LogP contribution in [0.3, 0.4) is 0 Å². The number of pyridine rings is 1. The van der Waals surface area contributed by atoms with Gasteiger partial charge >= 0.3 is 0 Å². The summed E-state index contributed by atoms with van der Waals surface area (Å²) in [4.78, 5) is 7.62. The highest BCUT2D eigenvalue weighted by atomic mass is 14.9. The zero-order valence-electron chi connectivity index (χ0n) is 15.9. The maximum Gasteiger partial charge on any atom is 0.0588 e. The Hall–Kier alpha value is -3.31. The van der Waals surface area contributed by atoms with E-state index < -0.39 is 0 Å². The number of aromatic nitrogens is 2. The molecule has 4 aromatic rings. The van der Waals surface area contributed by atoms with Crippen molar-refractivity contribution in [3.8, 4) is 0 Å². The fraction of sp³-hybridized carbons (Fsp3) is 0.174. The SMILES string of the molecule is CC(N)c1cc(Nc2ccc(NCCc3c[nH]c4ccccc34)cc2)ccn1. The van der Waals surface area contributed by atoms with Crippen molar-refractivity contribution < 1.29 is 0 Å². The summed E-state index contributed by atoms with van der Waals surface area (Å²) in [6, 6.07) is 20.6. The Morgan fingerprint density at radius 2 is 1.79 bits per heavy atom. The fourth-order valence-corrected chi connectivity index (χ4v) is 3.29. The second-order valence-electron chi connectivity index (χ2n) is 7.00. The predicted molar refractivity (Wildman–Crippen MR) is 117 cm³/mol. The zero-order valence-corrected chi connectivity index (χ0v) is 15.9. The van der Waals surface area contributed by atoms with E-state index in [1.54, 1.807) is 6.20 Å². The summed E-state index contributed by atoms with van der Waals surface area (Å²) in [5.74, 6) is 0. The molecule has 0 saturated heterocycles. The highest BCUT2D eigenvalue weighted by Gasteiger charge is 2.04. The summed E-state index contributed by atoms with van der Waals surface area (Å²) in [5, 5.41) is 8.19. The molecule has 0 aliphatic rings. The number of fused-ring (bicyclic) bond motifs is 1. The van der Waals surface area contributed by atoms with Gasteiger partial charge in [-0.05, 0) is 61.4 Å². The molecule has 0 aliphatic carbocycles. The van der Waals surface area contributed by atoms with Crippen LogP contribution in [-0.4, -0.2) is 16.5 Å². The average Bonchev–Trinajstić information content (AvgIpc) is 3.13. The molecule has 2 aromatic carbocycles. The summed E-state index contributed by atoms with van der Waals surface area (Å²) >= 11 is 0. The van der Waals surface area contributed by atoms with Crippen LogP contribution < -0.4 is 16.4 Å². The summed E-state index contributed by atoms with van der Waals surface area (Å²) in [6.45, 7) is 2.82. The Morgan fingerprint density at radius 3 is 2.61 bits per heavy atom. The standard InChI is InChI=1S/C23H25N5/c1-16(24)23-14-20(11-13-26-23)28-19-8-6-18(7-9-19)25-12-10-17-15-27-22-5-3-2-4-21(17)22/h2-9,11,13-16,25,27H,10,12,24H2,1H3,(H,26,28). The van der Waals surface area contributed by atoms with E-state index in [4.69, 9.17) is 5.73 Å². The van der Waals surface area contributed by atoms with Gasteiger partial charge in [-0.15, -0.1) is 0 Å². The number of rotatable bonds is 7. The van der Waals surface area contributed by atoms with Crippen LogP contribution in [0.5, 0.6) is 0 Å². The molecule has 0 fully saturated rings. The Balaban J connectivity index is 1.34. The van der Waals surface area contributed by atoms with Gasteiger partial charge < -0.3 is 21.4 Å². The van der Waals surface area contributed by atoms with Crippen molar-refractivity contribution >= 4 is 28.0 Å². The van der Waals surface area contributed by atoms with Gasteiger partial charge in [0, 0.05) is 52.9 Å². The highest BCUT2D eigenvalue weighted by Crippen LogP contribution is 2.21. The van der Waals surface area contributed by atoms with Gasteiger partial charge in [0.05, 0.1) is 5.69 Å². The molecular formula is C23H25N5. The summed E-state index contributed by atoms with van der Waals surface area (Å²) < 4.78 is 0. The van der Waals surface area contributed by atoms with E-state index in [0.717, 1.165) is 35.7 Å². The van der Waals surface area contributed by atoms with Crippen LogP contribution in [0, 0.1) is 0 Å². The molecule has 1 unspecified atom stereocenters. The molecule has 5 N–H and O–H groups in total. The molecular weight excluding hydrogens is 346 g/mol. The Kier molecular flexibility index (Phi) is 5.26. The van der Waals surface area contributed by atoms with Gasteiger partial charge in [0.15, 0.2) is 0 Å². The van der Waals surface area contributed by atoms with Crippen LogP contribution in [-0.2, 0) is 6.42 Å². The molecule has 1 atom stereocenters. The van der Waals surface area contributed by atoms with Crippen LogP contribution in [0.4, 0.5) is 17.1 Å². The molecule has 5 nitrogen and oxygen atoms in total. The summed E-state index contributed by atoms with van der Waals surface area (Å²) in [6.07, 6.45) is 4.85. The van der Waals surface area contributed by atoms with Crippen molar-refractivity contribution in [3.05, 3.63) is 84.3 Å². The normalized spacial score (nSPS) is 12.1. The molecule has 0 bridgehead atoms. The van der Waals surface area contributed by atoms with E-state index in [1.807, 2.05) is 19.1 Å². The minimum atomic E-state index is -0.0783. The molecule has 0 saturated carbocycles. The topological polar surface area (TPSA) is 78.8 Å². The number of nitrogens with two attached hydrogens (primary N) is 1. The van der Waals surface area contributed by atoms with E-state index in [9.17, 15) is 0 Å². The van der Waals surface area contributed by atoms with E-state index in [1.165, 1.54) is 16.5 Å². The molecule has 0 amide bonds. The second kappa shape index (κ2) is 8.15. The first-order chi connectivity index (χ1) is 13.7. The number of aromatic amines is 1. The summed E-state index contributed by atoms with van der Waals surface area (Å²) in [7, 11) is 0. The van der Waals surface area contributed by atoms with Gasteiger partial charge in [-0.2, -0.15) is 0 Å². The number of nitrogens with zero attached hydrogens (tertiary/aromatic N) is 1. The zero-order chi connectivity index (χ0) is 19.3. The molecule has 0 radical (unpaired) electrons. The van der Waals surface area contributed by atoms with Gasteiger partial charge in [-0.25, -0.2) is 0 Å². The van der Waals surface area contributed by atoms with Gasteiger partial charge in [-0.1, -0.05) is 18.2 Å². The minimum Gasteiger partial charge on any atom is -0.385 e. The fourth-order valence-electron chi connectivity index (χ4n) is 3.29. The Morgan fingerprint density at radius 1 is 1.00 bits per heavy atom. The molecule has 0 spiro atoms. The smallest absolute Gasteiger partial charge is 0.0588 e. The van der Waals surface area contributed by atoms with Gasteiger partial charge in [0.2, 0.25) is 0 Å². The van der Waals surface area contributed by atoms with E-state index >= 15 is 0 Å². The highest BCUT2D eigenvalue weighted by molar-refractivity contribution is 5.83. The lowest BCUT2D eigenvalue weighted by Gasteiger charge is -2.11. The van der Waals surface area contributed by atoms with Crippen molar-refractivity contribution in [3.63, 3.8) is 0 Å². The quantitative estimate of drug-likeness (QED) is 0.369. The molecule has 2 aromatic heterocycles. The van der Waals surface area contributed by atoms with E-state index in [-0.39, 0.29) is 6.04 Å². The third kappa shape index (κ3) is 4.15. The molecule has 4 rings (SSSR count). The van der Waals surface area contributed by atoms with Crippen LogP contribution in [0.1, 0.15) is 24.2 Å². The molecule has 2 heterocycles. The number of hydrogen-bond donors (Lipinski definition) is 4. The number of hydrogen-bond acceptors (Lipinski definition) is 4. The van der Waals surface area contributed by atoms with Crippen LogP contribution >= 0.6 is 0 Å². The van der Waals surface area contributed by atoms with Crippen molar-refractivity contribution in [1.29, 1.82) is 0 Å². The van der Waals surface area contributed by atoms with E-state index in [0.29, 0.717) is 0 Å². The number of anilines is 3. The lowest BCUT2D eigenvalue weighted by atomic mass is 10.1. The number of nitrogens with one attached hydrogen (secondary N) is 3. The van der Waals surface area contributed by atoms with Gasteiger partial charge in [0.1, 0.15) is 0 Å². The van der Waals surface area contributed by atoms with Crippen molar-refractivity contribution in [2.45, 2.75) is 19.4 Å². The van der Waals surface area contributed by atoms with Crippen LogP contribution in [0.2, 0.25) is 0 Å². The van der Waals surface area contributed by atoms with Crippen LogP contribution in [0.15, 0.2) is 73.1 Å². The molecule has 142 valence electrons. The van der Waals surface area contributed by atoms with Crippen molar-refractivity contribution in [2.24, 2.45) is 5.73 Å². The first-order valence-electron chi connectivity index (χ1n) is 9.56. The Bertz CT molecular complexity index is 1050. The maximum absolute atomic E-state index is 5.91. The Labute approximate surface area is 165 Å². The third-order valence-corrected chi connectivity index (χ3v) is 4.82. The molecule has 28 heavy (non-hydrogen) atoms. The predicted octanol–water partition coefficient (Wildman–Crippen LogP) is 4.98. The average molecular weight is 371 g/mol. The largest absolute Gasteiger partial charge is 0.385 e. The maximum atomic E-state index is 5.91. The van der Waals surface area contributed by atoms with Gasteiger partial charge in [0.25, 0.3) is 0 Å². The first-order valence-corrected chi connectivity index (χ1v) is 9.56. The minimum absolute atomic E-state index is 0.0783. The van der Waals surface area contributed by atoms with Crippen molar-refractivity contribution in [1.82, 2.24) is 9.97 Å². The monoisotopic (exact) mass is 371 g/mol. The number of benzene rings is 2. The lowest BCUT2D eigenvalue weighted by Crippen LogP contribution is -2.07.